The molecule has 2 amide bonds. The van der Waals surface area contributed by atoms with Crippen LogP contribution in [-0.4, -0.2) is 43.1 Å². The molecule has 0 spiro atoms. The van der Waals surface area contributed by atoms with Crippen LogP contribution in [0.5, 0.6) is 0 Å². The van der Waals surface area contributed by atoms with Crippen molar-refractivity contribution in [2.24, 2.45) is 0 Å². The van der Waals surface area contributed by atoms with Gasteiger partial charge in [-0.1, -0.05) is 0 Å². The van der Waals surface area contributed by atoms with Crippen LogP contribution in [0.4, 0.5) is 4.79 Å². The summed E-state index contributed by atoms with van der Waals surface area (Å²) in [6, 6.07) is -0.0866. The Morgan fingerprint density at radius 2 is 2.33 bits per heavy atom. The molecule has 84 valence electrons. The molecule has 0 bridgehead atoms. The Kier molecular flexibility index (Phi) is 4.62. The van der Waals surface area contributed by atoms with Crippen LogP contribution in [0.1, 0.15) is 5.76 Å². The monoisotopic (exact) mass is 212 g/mol. The van der Waals surface area contributed by atoms with Crippen LogP contribution in [0, 0.1) is 0 Å². The fourth-order valence-electron chi connectivity index (χ4n) is 0.957. The van der Waals surface area contributed by atoms with E-state index in [4.69, 9.17) is 4.42 Å². The van der Waals surface area contributed by atoms with Crippen LogP contribution in [0.3, 0.4) is 0 Å². The summed E-state index contributed by atoms with van der Waals surface area (Å²) in [7, 11) is 3.41. The highest BCUT2D eigenvalue weighted by molar-refractivity contribution is 5.73. The fraction of sp³-hybridized carbons (Fsp3) is 0.556. The number of nitrogens with one attached hydrogen (secondary N) is 2. The standard InChI is InChI=1S/C9H16N4O2/c1-13(2)9(14)12-4-3-10-5-8-6-11-7-15-8/h6-7,10H,3-5H2,1-2H3,(H,12,14). The van der Waals surface area contributed by atoms with E-state index < -0.39 is 0 Å². The van der Waals surface area contributed by atoms with Gasteiger partial charge in [0.1, 0.15) is 5.76 Å². The van der Waals surface area contributed by atoms with Gasteiger partial charge in [0.25, 0.3) is 0 Å². The molecule has 15 heavy (non-hydrogen) atoms. The number of aromatic nitrogens is 1. The van der Waals surface area contributed by atoms with Gasteiger partial charge in [0.05, 0.1) is 12.7 Å². The maximum absolute atomic E-state index is 11.1. The van der Waals surface area contributed by atoms with E-state index in [1.54, 1.807) is 20.3 Å². The first-order valence-electron chi connectivity index (χ1n) is 4.73. The summed E-state index contributed by atoms with van der Waals surface area (Å²) in [5, 5.41) is 5.86. The molecule has 0 saturated carbocycles. The molecule has 0 saturated heterocycles. The zero-order valence-corrected chi connectivity index (χ0v) is 8.99. The molecule has 1 rings (SSSR count). The second-order valence-electron chi connectivity index (χ2n) is 3.27. The molecule has 6 nitrogen and oxygen atoms in total. The van der Waals surface area contributed by atoms with Gasteiger partial charge >= 0.3 is 6.03 Å². The van der Waals surface area contributed by atoms with Crippen molar-refractivity contribution in [2.45, 2.75) is 6.54 Å². The molecule has 0 aliphatic heterocycles. The smallest absolute Gasteiger partial charge is 0.316 e. The Morgan fingerprint density at radius 3 is 2.93 bits per heavy atom. The van der Waals surface area contributed by atoms with E-state index >= 15 is 0 Å². The Balaban J connectivity index is 2.00. The minimum atomic E-state index is -0.0866. The van der Waals surface area contributed by atoms with Crippen molar-refractivity contribution in [1.82, 2.24) is 20.5 Å². The molecular weight excluding hydrogens is 196 g/mol. The van der Waals surface area contributed by atoms with Gasteiger partial charge in [-0.25, -0.2) is 9.78 Å². The summed E-state index contributed by atoms with van der Waals surface area (Å²) in [5.74, 6) is 0.786. The van der Waals surface area contributed by atoms with Gasteiger partial charge in [0, 0.05) is 27.2 Å². The SMILES string of the molecule is CN(C)C(=O)NCCNCc1cnco1. The van der Waals surface area contributed by atoms with Gasteiger partial charge in [-0.15, -0.1) is 0 Å². The number of amides is 2. The van der Waals surface area contributed by atoms with Crippen LogP contribution in [0.25, 0.3) is 0 Å². The Hall–Kier alpha value is -1.56. The molecule has 1 aromatic heterocycles. The van der Waals surface area contributed by atoms with Crippen molar-refractivity contribution in [3.05, 3.63) is 18.4 Å². The van der Waals surface area contributed by atoms with Gasteiger partial charge in [-0.3, -0.25) is 0 Å². The zero-order valence-electron chi connectivity index (χ0n) is 8.99. The van der Waals surface area contributed by atoms with Crippen molar-refractivity contribution in [3.63, 3.8) is 0 Å². The third-order valence-corrected chi connectivity index (χ3v) is 1.77. The highest BCUT2D eigenvalue weighted by Gasteiger charge is 2.00. The van der Waals surface area contributed by atoms with E-state index in [2.05, 4.69) is 15.6 Å². The number of carbonyl (C=O) groups excluding carboxylic acids is 1. The minimum Gasteiger partial charge on any atom is -0.447 e. The van der Waals surface area contributed by atoms with E-state index in [1.165, 1.54) is 11.3 Å². The van der Waals surface area contributed by atoms with Crippen LogP contribution in [-0.2, 0) is 6.54 Å². The van der Waals surface area contributed by atoms with E-state index in [0.29, 0.717) is 19.6 Å². The second kappa shape index (κ2) is 6.02. The normalized spacial score (nSPS) is 10.0. The molecule has 1 heterocycles. The lowest BCUT2D eigenvalue weighted by molar-refractivity contribution is 0.217. The van der Waals surface area contributed by atoms with Crippen LogP contribution < -0.4 is 10.6 Å². The molecule has 1 aromatic rings. The first-order chi connectivity index (χ1) is 7.20. The largest absolute Gasteiger partial charge is 0.447 e. The van der Waals surface area contributed by atoms with Gasteiger partial charge < -0.3 is 20.0 Å². The number of rotatable bonds is 5. The Labute approximate surface area is 88.7 Å². The quantitative estimate of drug-likeness (QED) is 0.676. The maximum Gasteiger partial charge on any atom is 0.316 e. The molecule has 0 unspecified atom stereocenters. The second-order valence-corrected chi connectivity index (χ2v) is 3.27. The number of hydrogen-bond donors (Lipinski definition) is 2. The highest BCUT2D eigenvalue weighted by Crippen LogP contribution is 1.93. The Bertz CT molecular complexity index is 284. The molecule has 0 aliphatic rings. The summed E-state index contributed by atoms with van der Waals surface area (Å²) < 4.78 is 5.03. The topological polar surface area (TPSA) is 70.4 Å². The molecule has 0 fully saturated rings. The number of urea groups is 1. The minimum absolute atomic E-state index is 0.0866. The van der Waals surface area contributed by atoms with Crippen molar-refractivity contribution >= 4 is 6.03 Å². The summed E-state index contributed by atoms with van der Waals surface area (Å²) in [5.41, 5.74) is 0. The van der Waals surface area contributed by atoms with Crippen LogP contribution >= 0.6 is 0 Å². The highest BCUT2D eigenvalue weighted by atomic mass is 16.3. The predicted molar refractivity (Wildman–Crippen MR) is 55.3 cm³/mol. The predicted octanol–water partition coefficient (Wildman–Crippen LogP) is 0.0354. The van der Waals surface area contributed by atoms with Crippen LogP contribution in [0.2, 0.25) is 0 Å². The molecule has 0 atom stereocenters. The first-order valence-corrected chi connectivity index (χ1v) is 4.73. The van der Waals surface area contributed by atoms with E-state index in [-0.39, 0.29) is 6.03 Å². The average molecular weight is 212 g/mol. The van der Waals surface area contributed by atoms with Crippen LogP contribution in [0.15, 0.2) is 17.0 Å². The number of nitrogens with zero attached hydrogens (tertiary/aromatic N) is 2. The third-order valence-electron chi connectivity index (χ3n) is 1.77. The average Bonchev–Trinajstić information content (AvgIpc) is 2.69. The Morgan fingerprint density at radius 1 is 1.53 bits per heavy atom. The van der Waals surface area contributed by atoms with Crippen molar-refractivity contribution < 1.29 is 9.21 Å². The summed E-state index contributed by atoms with van der Waals surface area (Å²) in [6.07, 6.45) is 3.05. The maximum atomic E-state index is 11.1. The lowest BCUT2D eigenvalue weighted by Crippen LogP contribution is -2.38. The molecule has 0 radical (unpaired) electrons. The summed E-state index contributed by atoms with van der Waals surface area (Å²) in [4.78, 5) is 16.4. The summed E-state index contributed by atoms with van der Waals surface area (Å²) >= 11 is 0. The van der Waals surface area contributed by atoms with Crippen molar-refractivity contribution in [3.8, 4) is 0 Å². The summed E-state index contributed by atoms with van der Waals surface area (Å²) in [6.45, 7) is 1.91. The molecule has 0 aromatic carbocycles. The number of hydrogen-bond acceptors (Lipinski definition) is 4. The van der Waals surface area contributed by atoms with Gasteiger partial charge in [-0.05, 0) is 0 Å². The van der Waals surface area contributed by atoms with E-state index in [0.717, 1.165) is 5.76 Å². The van der Waals surface area contributed by atoms with E-state index in [1.807, 2.05) is 0 Å². The molecule has 6 heteroatoms. The van der Waals surface area contributed by atoms with Crippen molar-refractivity contribution in [1.29, 1.82) is 0 Å². The third kappa shape index (κ3) is 4.46. The lowest BCUT2D eigenvalue weighted by Gasteiger charge is -2.11. The van der Waals surface area contributed by atoms with Gasteiger partial charge in [-0.2, -0.15) is 0 Å². The number of oxazole rings is 1. The first kappa shape index (κ1) is 11.5. The lowest BCUT2D eigenvalue weighted by atomic mass is 10.5. The molecule has 2 N–H and O–H groups in total. The fourth-order valence-corrected chi connectivity index (χ4v) is 0.957. The van der Waals surface area contributed by atoms with Crippen molar-refractivity contribution in [2.75, 3.05) is 27.2 Å². The zero-order chi connectivity index (χ0) is 11.1. The van der Waals surface area contributed by atoms with E-state index in [9.17, 15) is 4.79 Å². The molecular formula is C9H16N4O2. The molecule has 0 aliphatic carbocycles. The van der Waals surface area contributed by atoms with Gasteiger partial charge in [0.15, 0.2) is 6.39 Å². The van der Waals surface area contributed by atoms with Gasteiger partial charge in [0.2, 0.25) is 0 Å². The number of carbonyl (C=O) groups is 1.